The minimum atomic E-state index is -0.526. The minimum absolute atomic E-state index is 0.172. The van der Waals surface area contributed by atoms with Crippen LogP contribution in [0.5, 0.6) is 0 Å². The summed E-state index contributed by atoms with van der Waals surface area (Å²) in [5.41, 5.74) is 6.25. The molecule has 1 aromatic rings. The van der Waals surface area contributed by atoms with Crippen LogP contribution in [0.1, 0.15) is 28.1 Å². The van der Waals surface area contributed by atoms with Gasteiger partial charge in [0.25, 0.3) is 0 Å². The zero-order chi connectivity index (χ0) is 14.5. The lowest BCUT2D eigenvalue weighted by molar-refractivity contribution is 0.0607. The Kier molecular flexibility index (Phi) is 4.82. The molecule has 0 unspecified atom stereocenters. The Labute approximate surface area is 121 Å². The molecule has 108 valence electrons. The summed E-state index contributed by atoms with van der Waals surface area (Å²) < 4.78 is 10.1. The predicted molar refractivity (Wildman–Crippen MR) is 76.8 cm³/mol. The van der Waals surface area contributed by atoms with Gasteiger partial charge in [0.2, 0.25) is 0 Å². The number of nitrogens with zero attached hydrogens (tertiary/aromatic N) is 1. The number of nitriles is 1. The first-order chi connectivity index (χ1) is 9.67. The van der Waals surface area contributed by atoms with Gasteiger partial charge in [0.05, 0.1) is 19.4 Å². The van der Waals surface area contributed by atoms with E-state index >= 15 is 0 Å². The highest BCUT2D eigenvalue weighted by Crippen LogP contribution is 2.35. The zero-order valence-corrected chi connectivity index (χ0v) is 12.1. The summed E-state index contributed by atoms with van der Waals surface area (Å²) in [6, 6.07) is 2.01. The third kappa shape index (κ3) is 3.40. The molecule has 0 aromatic carbocycles. The molecule has 1 aliphatic rings. The van der Waals surface area contributed by atoms with Gasteiger partial charge in [-0.1, -0.05) is 0 Å². The standard InChI is InChI=1S/C13H17N3O3S/c1-18-13(17)11-10(15)9(6-14)12(20-11)16-4-5-19-7-8-2-3-8/h8,16H,2-5,7,15H2,1H3. The number of ether oxygens (including phenoxy) is 2. The molecule has 1 aromatic heterocycles. The first kappa shape index (κ1) is 14.6. The first-order valence-electron chi connectivity index (χ1n) is 6.39. The number of hydrogen-bond donors (Lipinski definition) is 2. The molecule has 20 heavy (non-hydrogen) atoms. The van der Waals surface area contributed by atoms with Crippen molar-refractivity contribution in [3.8, 4) is 6.07 Å². The van der Waals surface area contributed by atoms with Crippen molar-refractivity contribution >= 4 is 28.0 Å². The molecule has 0 atom stereocenters. The molecule has 7 heteroatoms. The highest BCUT2D eigenvalue weighted by atomic mass is 32.1. The smallest absolute Gasteiger partial charge is 0.350 e. The summed E-state index contributed by atoms with van der Waals surface area (Å²) in [4.78, 5) is 11.8. The maximum atomic E-state index is 11.5. The third-order valence-electron chi connectivity index (χ3n) is 3.01. The van der Waals surface area contributed by atoms with E-state index in [0.717, 1.165) is 23.9 Å². The van der Waals surface area contributed by atoms with Gasteiger partial charge >= 0.3 is 5.97 Å². The predicted octanol–water partition coefficient (Wildman–Crippen LogP) is 1.83. The molecular weight excluding hydrogens is 278 g/mol. The van der Waals surface area contributed by atoms with Gasteiger partial charge in [-0.15, -0.1) is 11.3 Å². The average molecular weight is 295 g/mol. The summed E-state index contributed by atoms with van der Waals surface area (Å²) in [5.74, 6) is 0.204. The highest BCUT2D eigenvalue weighted by Gasteiger charge is 2.22. The largest absolute Gasteiger partial charge is 0.465 e. The number of nitrogens with one attached hydrogen (secondary N) is 1. The number of anilines is 2. The van der Waals surface area contributed by atoms with Crippen LogP contribution in [0.15, 0.2) is 0 Å². The number of carbonyl (C=O) groups excluding carboxylic acids is 1. The van der Waals surface area contributed by atoms with Gasteiger partial charge in [0, 0.05) is 13.2 Å². The van der Waals surface area contributed by atoms with E-state index in [1.807, 2.05) is 6.07 Å². The fourth-order valence-electron chi connectivity index (χ4n) is 1.69. The Balaban J connectivity index is 1.92. The number of nitrogen functional groups attached to an aromatic ring is 1. The molecule has 0 bridgehead atoms. The van der Waals surface area contributed by atoms with Gasteiger partial charge in [-0.05, 0) is 18.8 Å². The van der Waals surface area contributed by atoms with Crippen LogP contribution < -0.4 is 11.1 Å². The van der Waals surface area contributed by atoms with Crippen LogP contribution in [-0.2, 0) is 9.47 Å². The van der Waals surface area contributed by atoms with Crippen molar-refractivity contribution in [3.05, 3.63) is 10.4 Å². The number of hydrogen-bond acceptors (Lipinski definition) is 7. The van der Waals surface area contributed by atoms with E-state index in [4.69, 9.17) is 15.7 Å². The monoisotopic (exact) mass is 295 g/mol. The summed E-state index contributed by atoms with van der Waals surface area (Å²) >= 11 is 1.13. The number of carbonyl (C=O) groups is 1. The zero-order valence-electron chi connectivity index (χ0n) is 11.3. The van der Waals surface area contributed by atoms with Gasteiger partial charge in [-0.3, -0.25) is 0 Å². The Morgan fingerprint density at radius 3 is 2.95 bits per heavy atom. The Hall–Kier alpha value is -1.78. The Morgan fingerprint density at radius 1 is 1.60 bits per heavy atom. The van der Waals surface area contributed by atoms with Crippen LogP contribution in [0.3, 0.4) is 0 Å². The van der Waals surface area contributed by atoms with E-state index in [1.54, 1.807) is 0 Å². The van der Waals surface area contributed by atoms with Crippen molar-refractivity contribution in [2.75, 3.05) is 37.9 Å². The molecule has 0 aliphatic heterocycles. The normalized spacial score (nSPS) is 13.8. The van der Waals surface area contributed by atoms with Gasteiger partial charge < -0.3 is 20.5 Å². The molecular formula is C13H17N3O3S. The average Bonchev–Trinajstić information content (AvgIpc) is 3.21. The van der Waals surface area contributed by atoms with E-state index in [0.29, 0.717) is 18.2 Å². The van der Waals surface area contributed by atoms with Gasteiger partial charge in [-0.2, -0.15) is 5.26 Å². The molecule has 1 heterocycles. The van der Waals surface area contributed by atoms with Crippen molar-refractivity contribution in [1.82, 2.24) is 0 Å². The first-order valence-corrected chi connectivity index (χ1v) is 7.21. The maximum absolute atomic E-state index is 11.5. The molecule has 3 N–H and O–H groups in total. The van der Waals surface area contributed by atoms with E-state index < -0.39 is 5.97 Å². The lowest BCUT2D eigenvalue weighted by Crippen LogP contribution is -2.10. The summed E-state index contributed by atoms with van der Waals surface area (Å²) in [6.07, 6.45) is 2.52. The van der Waals surface area contributed by atoms with E-state index in [9.17, 15) is 4.79 Å². The fraction of sp³-hybridized carbons (Fsp3) is 0.538. The van der Waals surface area contributed by atoms with Crippen molar-refractivity contribution < 1.29 is 14.3 Å². The second kappa shape index (κ2) is 6.59. The molecule has 1 fully saturated rings. The second-order valence-corrected chi connectivity index (χ2v) is 5.62. The number of nitrogens with two attached hydrogens (primary N) is 1. The number of rotatable bonds is 7. The Morgan fingerprint density at radius 2 is 2.35 bits per heavy atom. The summed E-state index contributed by atoms with van der Waals surface area (Å²) in [6.45, 7) is 1.93. The highest BCUT2D eigenvalue weighted by molar-refractivity contribution is 7.18. The van der Waals surface area contributed by atoms with Crippen LogP contribution in [0.2, 0.25) is 0 Å². The topological polar surface area (TPSA) is 97.4 Å². The molecule has 0 saturated heterocycles. The van der Waals surface area contributed by atoms with Crippen molar-refractivity contribution in [2.45, 2.75) is 12.8 Å². The van der Waals surface area contributed by atoms with Crippen molar-refractivity contribution in [1.29, 1.82) is 5.26 Å². The van der Waals surface area contributed by atoms with Gasteiger partial charge in [0.1, 0.15) is 21.5 Å². The SMILES string of the molecule is COC(=O)c1sc(NCCOCC2CC2)c(C#N)c1N. The Bertz CT molecular complexity index is 532. The minimum Gasteiger partial charge on any atom is -0.465 e. The van der Waals surface area contributed by atoms with Crippen molar-refractivity contribution in [2.24, 2.45) is 5.92 Å². The maximum Gasteiger partial charge on any atom is 0.350 e. The fourth-order valence-corrected chi connectivity index (χ4v) is 2.71. The second-order valence-electron chi connectivity index (χ2n) is 4.60. The number of esters is 1. The van der Waals surface area contributed by atoms with E-state index in [2.05, 4.69) is 10.1 Å². The molecule has 1 saturated carbocycles. The lowest BCUT2D eigenvalue weighted by Gasteiger charge is -2.05. The van der Waals surface area contributed by atoms with E-state index in [-0.39, 0.29) is 16.1 Å². The molecule has 1 aliphatic carbocycles. The molecule has 6 nitrogen and oxygen atoms in total. The molecule has 0 radical (unpaired) electrons. The lowest BCUT2D eigenvalue weighted by atomic mass is 10.2. The van der Waals surface area contributed by atoms with Crippen LogP contribution in [0.25, 0.3) is 0 Å². The number of methoxy groups -OCH3 is 1. The molecule has 0 spiro atoms. The van der Waals surface area contributed by atoms with Crippen LogP contribution >= 0.6 is 11.3 Å². The number of thiophene rings is 1. The van der Waals surface area contributed by atoms with Crippen LogP contribution in [0.4, 0.5) is 10.7 Å². The summed E-state index contributed by atoms with van der Waals surface area (Å²) in [7, 11) is 1.28. The van der Waals surface area contributed by atoms with Crippen LogP contribution in [0, 0.1) is 17.2 Å². The summed E-state index contributed by atoms with van der Waals surface area (Å²) in [5, 5.41) is 12.8. The molecule has 2 rings (SSSR count). The van der Waals surface area contributed by atoms with Gasteiger partial charge in [0.15, 0.2) is 0 Å². The van der Waals surface area contributed by atoms with Gasteiger partial charge in [-0.25, -0.2) is 4.79 Å². The van der Waals surface area contributed by atoms with Crippen LogP contribution in [-0.4, -0.2) is 32.8 Å². The quantitative estimate of drug-likeness (QED) is 0.588. The van der Waals surface area contributed by atoms with E-state index in [1.165, 1.54) is 20.0 Å². The van der Waals surface area contributed by atoms with Crippen molar-refractivity contribution in [3.63, 3.8) is 0 Å². The third-order valence-corrected chi connectivity index (χ3v) is 4.15. The molecule has 0 amide bonds.